The van der Waals surface area contributed by atoms with E-state index in [1.807, 2.05) is 30.3 Å². The minimum atomic E-state index is -0.293. The zero-order valence-electron chi connectivity index (χ0n) is 14.1. The number of amides is 1. The lowest BCUT2D eigenvalue weighted by atomic mass is 10.3. The first kappa shape index (κ1) is 16.3. The zero-order valence-corrected chi connectivity index (χ0v) is 14.1. The van der Waals surface area contributed by atoms with Crippen molar-refractivity contribution in [1.29, 1.82) is 0 Å². The summed E-state index contributed by atoms with van der Waals surface area (Å²) in [6.07, 6.45) is 4.67. The predicted octanol–water partition coefficient (Wildman–Crippen LogP) is 2.71. The molecule has 2 aromatic heterocycles. The number of anilines is 2. The Morgan fingerprint density at radius 1 is 1.15 bits per heavy atom. The van der Waals surface area contributed by atoms with Crippen LogP contribution in [0.4, 0.5) is 11.5 Å². The predicted molar refractivity (Wildman–Crippen MR) is 98.9 cm³/mol. The fraction of sp³-hybridized carbons (Fsp3) is 0.211. The van der Waals surface area contributed by atoms with E-state index in [4.69, 9.17) is 9.15 Å². The molecule has 7 heteroatoms. The highest BCUT2D eigenvalue weighted by Gasteiger charge is 2.11. The van der Waals surface area contributed by atoms with Crippen LogP contribution >= 0.6 is 0 Å². The van der Waals surface area contributed by atoms with Crippen LogP contribution in [0.25, 0.3) is 17.2 Å². The number of fused-ring (bicyclic) bond motifs is 1. The van der Waals surface area contributed by atoms with E-state index in [0.717, 1.165) is 37.5 Å². The van der Waals surface area contributed by atoms with Gasteiger partial charge in [0.25, 0.3) is 0 Å². The summed E-state index contributed by atoms with van der Waals surface area (Å²) in [6, 6.07) is 11.2. The number of morpholine rings is 1. The Morgan fingerprint density at radius 2 is 2.00 bits per heavy atom. The molecule has 0 radical (unpaired) electrons. The van der Waals surface area contributed by atoms with Gasteiger partial charge in [-0.05, 0) is 24.3 Å². The number of oxazole rings is 1. The summed E-state index contributed by atoms with van der Waals surface area (Å²) in [5, 5.41) is 2.73. The number of rotatable bonds is 4. The summed E-state index contributed by atoms with van der Waals surface area (Å²) >= 11 is 0. The molecule has 1 aliphatic rings. The van der Waals surface area contributed by atoms with Crippen LogP contribution in [-0.2, 0) is 9.53 Å². The first-order chi connectivity index (χ1) is 12.8. The Morgan fingerprint density at radius 3 is 2.77 bits per heavy atom. The molecule has 0 bridgehead atoms. The average molecular weight is 350 g/mol. The summed E-state index contributed by atoms with van der Waals surface area (Å²) in [6.45, 7) is 3.14. The number of aromatic nitrogens is 2. The highest BCUT2D eigenvalue weighted by Crippen LogP contribution is 2.17. The Hall–Kier alpha value is -3.19. The second-order valence-corrected chi connectivity index (χ2v) is 5.84. The van der Waals surface area contributed by atoms with Gasteiger partial charge in [0.2, 0.25) is 11.8 Å². The zero-order chi connectivity index (χ0) is 17.8. The molecule has 3 aromatic rings. The van der Waals surface area contributed by atoms with E-state index >= 15 is 0 Å². The molecule has 0 spiro atoms. The molecule has 3 heterocycles. The van der Waals surface area contributed by atoms with Crippen molar-refractivity contribution in [2.45, 2.75) is 0 Å². The third-order valence-electron chi connectivity index (χ3n) is 4.06. The van der Waals surface area contributed by atoms with Gasteiger partial charge < -0.3 is 19.4 Å². The summed E-state index contributed by atoms with van der Waals surface area (Å²) in [5.41, 5.74) is 2.47. The van der Waals surface area contributed by atoms with Gasteiger partial charge in [0.1, 0.15) is 11.3 Å². The monoisotopic (exact) mass is 350 g/mol. The smallest absolute Gasteiger partial charge is 0.249 e. The standard InChI is InChI=1S/C19H18N4O3/c24-18(7-8-19-21-15-3-1-2-4-16(15)26-19)22-17-6-5-14(13-20-17)23-9-11-25-12-10-23/h1-8,13H,9-12H2,(H,20,22,24). The van der Waals surface area contributed by atoms with Gasteiger partial charge in [-0.15, -0.1) is 0 Å². The highest BCUT2D eigenvalue weighted by molar-refractivity contribution is 6.01. The summed E-state index contributed by atoms with van der Waals surface area (Å²) in [7, 11) is 0. The third-order valence-corrected chi connectivity index (χ3v) is 4.06. The Labute approximate surface area is 150 Å². The van der Waals surface area contributed by atoms with Crippen LogP contribution in [0.5, 0.6) is 0 Å². The van der Waals surface area contributed by atoms with Gasteiger partial charge >= 0.3 is 0 Å². The number of nitrogens with zero attached hydrogens (tertiary/aromatic N) is 3. The lowest BCUT2D eigenvalue weighted by molar-refractivity contribution is -0.111. The van der Waals surface area contributed by atoms with Crippen molar-refractivity contribution < 1.29 is 13.9 Å². The molecule has 1 N–H and O–H groups in total. The average Bonchev–Trinajstić information content (AvgIpc) is 3.11. The molecule has 26 heavy (non-hydrogen) atoms. The second kappa shape index (κ2) is 7.37. The molecule has 132 valence electrons. The molecule has 0 aliphatic carbocycles. The first-order valence-electron chi connectivity index (χ1n) is 8.41. The Kier molecular flexibility index (Phi) is 4.61. The second-order valence-electron chi connectivity index (χ2n) is 5.84. The molecular formula is C19H18N4O3. The quantitative estimate of drug-likeness (QED) is 0.729. The van der Waals surface area contributed by atoms with Crippen LogP contribution in [0.2, 0.25) is 0 Å². The molecule has 1 aromatic carbocycles. The number of benzene rings is 1. The van der Waals surface area contributed by atoms with Gasteiger partial charge in [-0.3, -0.25) is 4.79 Å². The maximum atomic E-state index is 12.1. The summed E-state index contributed by atoms with van der Waals surface area (Å²) < 4.78 is 10.9. The fourth-order valence-corrected chi connectivity index (χ4v) is 2.74. The molecule has 0 unspecified atom stereocenters. The molecule has 7 nitrogen and oxygen atoms in total. The van der Waals surface area contributed by atoms with Crippen molar-refractivity contribution >= 4 is 34.6 Å². The maximum absolute atomic E-state index is 12.1. The number of carbonyl (C=O) groups excluding carboxylic acids is 1. The Balaban J connectivity index is 1.38. The number of pyridine rings is 1. The number of hydrogen-bond acceptors (Lipinski definition) is 6. The van der Waals surface area contributed by atoms with E-state index in [-0.39, 0.29) is 5.91 Å². The number of hydrogen-bond donors (Lipinski definition) is 1. The topological polar surface area (TPSA) is 80.5 Å². The number of para-hydroxylation sites is 2. The van der Waals surface area contributed by atoms with Crippen LogP contribution in [0.3, 0.4) is 0 Å². The Bertz CT molecular complexity index is 894. The maximum Gasteiger partial charge on any atom is 0.249 e. The molecule has 0 saturated carbocycles. The summed E-state index contributed by atoms with van der Waals surface area (Å²) in [4.78, 5) is 22.8. The van der Waals surface area contributed by atoms with Crippen LogP contribution in [-0.4, -0.2) is 42.2 Å². The number of ether oxygens (including phenoxy) is 1. The van der Waals surface area contributed by atoms with E-state index in [0.29, 0.717) is 17.3 Å². The van der Waals surface area contributed by atoms with Crippen molar-refractivity contribution in [2.24, 2.45) is 0 Å². The van der Waals surface area contributed by atoms with Crippen LogP contribution in [0.15, 0.2) is 53.1 Å². The van der Waals surface area contributed by atoms with Crippen molar-refractivity contribution in [3.8, 4) is 0 Å². The van der Waals surface area contributed by atoms with Gasteiger partial charge in [0.15, 0.2) is 5.58 Å². The van der Waals surface area contributed by atoms with Gasteiger partial charge in [-0.2, -0.15) is 0 Å². The van der Waals surface area contributed by atoms with Gasteiger partial charge in [-0.25, -0.2) is 9.97 Å². The minimum Gasteiger partial charge on any atom is -0.437 e. The van der Waals surface area contributed by atoms with E-state index in [2.05, 4.69) is 20.2 Å². The van der Waals surface area contributed by atoms with Crippen molar-refractivity contribution in [2.75, 3.05) is 36.5 Å². The van der Waals surface area contributed by atoms with Crippen LogP contribution in [0.1, 0.15) is 5.89 Å². The molecule has 1 aliphatic heterocycles. The fourth-order valence-electron chi connectivity index (χ4n) is 2.74. The largest absolute Gasteiger partial charge is 0.437 e. The lowest BCUT2D eigenvalue weighted by Gasteiger charge is -2.28. The van der Waals surface area contributed by atoms with E-state index in [1.54, 1.807) is 12.3 Å². The molecule has 4 rings (SSSR count). The normalized spacial score (nSPS) is 14.8. The molecule has 1 fully saturated rings. The molecular weight excluding hydrogens is 332 g/mol. The van der Waals surface area contributed by atoms with Crippen molar-refractivity contribution in [1.82, 2.24) is 9.97 Å². The van der Waals surface area contributed by atoms with Crippen molar-refractivity contribution in [3.05, 3.63) is 54.6 Å². The first-order valence-corrected chi connectivity index (χ1v) is 8.41. The van der Waals surface area contributed by atoms with E-state index in [9.17, 15) is 4.79 Å². The number of nitrogens with one attached hydrogen (secondary N) is 1. The minimum absolute atomic E-state index is 0.293. The van der Waals surface area contributed by atoms with E-state index in [1.165, 1.54) is 12.2 Å². The third kappa shape index (κ3) is 3.73. The van der Waals surface area contributed by atoms with Crippen molar-refractivity contribution in [3.63, 3.8) is 0 Å². The highest BCUT2D eigenvalue weighted by atomic mass is 16.5. The lowest BCUT2D eigenvalue weighted by Crippen LogP contribution is -2.36. The molecule has 1 amide bonds. The number of carbonyl (C=O) groups is 1. The van der Waals surface area contributed by atoms with E-state index < -0.39 is 0 Å². The van der Waals surface area contributed by atoms with Crippen LogP contribution < -0.4 is 10.2 Å². The van der Waals surface area contributed by atoms with Gasteiger partial charge in [0, 0.05) is 25.2 Å². The SMILES string of the molecule is O=C(C=Cc1nc2ccccc2o1)Nc1ccc(N2CCOCC2)cn1. The molecule has 1 saturated heterocycles. The summed E-state index contributed by atoms with van der Waals surface area (Å²) in [5.74, 6) is 0.588. The van der Waals surface area contributed by atoms with Gasteiger partial charge in [-0.1, -0.05) is 12.1 Å². The molecule has 0 atom stereocenters. The van der Waals surface area contributed by atoms with Gasteiger partial charge in [0.05, 0.1) is 25.1 Å². The van der Waals surface area contributed by atoms with Crippen LogP contribution in [0, 0.1) is 0 Å².